The number of nitrogens with zero attached hydrogens (tertiary/aromatic N) is 2. The van der Waals surface area contributed by atoms with Crippen molar-refractivity contribution in [2.24, 2.45) is 0 Å². The Morgan fingerprint density at radius 3 is 2.65 bits per heavy atom. The number of pyridine rings is 1. The molecule has 2 aromatic rings. The van der Waals surface area contributed by atoms with Crippen LogP contribution < -0.4 is 15.0 Å². The fraction of sp³-hybridized carbons (Fsp3) is 0.316. The van der Waals surface area contributed by atoms with Gasteiger partial charge in [-0.25, -0.2) is 4.98 Å². The van der Waals surface area contributed by atoms with Gasteiger partial charge in [0, 0.05) is 19.8 Å². The molecule has 1 aliphatic rings. The van der Waals surface area contributed by atoms with Crippen molar-refractivity contribution in [3.63, 3.8) is 0 Å². The topological polar surface area (TPSA) is 71.5 Å². The molecule has 0 saturated carbocycles. The fourth-order valence-corrected chi connectivity index (χ4v) is 3.51. The molecule has 0 radical (unpaired) electrons. The van der Waals surface area contributed by atoms with E-state index in [-0.39, 0.29) is 16.4 Å². The van der Waals surface area contributed by atoms with Gasteiger partial charge >= 0.3 is 0 Å². The Kier molecular flexibility index (Phi) is 6.12. The maximum absolute atomic E-state index is 11.6. The van der Waals surface area contributed by atoms with Crippen molar-refractivity contribution in [1.29, 1.82) is 0 Å². The predicted molar refractivity (Wildman–Crippen MR) is 103 cm³/mol. The summed E-state index contributed by atoms with van der Waals surface area (Å²) in [5.74, 6) is 1.54. The monoisotopic (exact) mass is 371 g/mol. The third-order valence-corrected chi connectivity index (χ3v) is 5.04. The summed E-state index contributed by atoms with van der Waals surface area (Å²) in [6.45, 7) is 1.48. The van der Waals surface area contributed by atoms with E-state index in [9.17, 15) is 9.59 Å². The third kappa shape index (κ3) is 4.98. The lowest BCUT2D eigenvalue weighted by Gasteiger charge is -2.17. The number of hydrogen-bond acceptors (Lipinski definition) is 6. The zero-order chi connectivity index (χ0) is 18.4. The highest BCUT2D eigenvalue weighted by molar-refractivity contribution is 8.15. The first kappa shape index (κ1) is 18.3. The molecule has 0 bridgehead atoms. The average molecular weight is 371 g/mol. The molecule has 0 aliphatic carbocycles. The fourth-order valence-electron chi connectivity index (χ4n) is 2.65. The normalized spacial score (nSPS) is 16.4. The number of thioether (sulfide) groups is 1. The standard InChI is InChI=1S/C19H21N3O3S/c1-22(17-5-2-3-10-20-17)11-4-12-25-15-8-6-14(7-9-15)13-16-18(23)21-19(24)26-16/h2-3,5-10,16H,4,11-13H2,1H3,(H,21,23,24). The summed E-state index contributed by atoms with van der Waals surface area (Å²) in [4.78, 5) is 29.2. The number of aromatic nitrogens is 1. The van der Waals surface area contributed by atoms with Gasteiger partial charge in [-0.15, -0.1) is 0 Å². The van der Waals surface area contributed by atoms with E-state index in [1.165, 1.54) is 0 Å². The largest absolute Gasteiger partial charge is 0.494 e. The van der Waals surface area contributed by atoms with Gasteiger partial charge < -0.3 is 9.64 Å². The van der Waals surface area contributed by atoms with Gasteiger partial charge in [0.05, 0.1) is 11.9 Å². The van der Waals surface area contributed by atoms with Crippen LogP contribution in [-0.4, -0.2) is 41.6 Å². The van der Waals surface area contributed by atoms with E-state index in [1.807, 2.05) is 49.5 Å². The van der Waals surface area contributed by atoms with E-state index in [0.717, 1.165) is 41.9 Å². The maximum atomic E-state index is 11.6. The van der Waals surface area contributed by atoms with Crippen molar-refractivity contribution >= 4 is 28.7 Å². The number of hydrogen-bond donors (Lipinski definition) is 1. The van der Waals surface area contributed by atoms with Crippen LogP contribution in [0.5, 0.6) is 5.75 Å². The lowest BCUT2D eigenvalue weighted by atomic mass is 10.1. The van der Waals surface area contributed by atoms with E-state index in [1.54, 1.807) is 6.20 Å². The Morgan fingerprint density at radius 2 is 2.00 bits per heavy atom. The van der Waals surface area contributed by atoms with Crippen LogP contribution in [0, 0.1) is 0 Å². The van der Waals surface area contributed by atoms with Gasteiger partial charge in [0.25, 0.3) is 5.24 Å². The average Bonchev–Trinajstić information content (AvgIpc) is 2.97. The zero-order valence-corrected chi connectivity index (χ0v) is 15.4. The summed E-state index contributed by atoms with van der Waals surface area (Å²) >= 11 is 1.05. The molecule has 1 aliphatic heterocycles. The molecule has 2 heterocycles. The maximum Gasteiger partial charge on any atom is 0.286 e. The highest BCUT2D eigenvalue weighted by Crippen LogP contribution is 2.23. The number of benzene rings is 1. The molecule has 1 atom stereocenters. The number of nitrogens with one attached hydrogen (secondary N) is 1. The number of ether oxygens (including phenoxy) is 1. The number of anilines is 1. The minimum Gasteiger partial charge on any atom is -0.494 e. The van der Waals surface area contributed by atoms with Crippen LogP contribution in [0.4, 0.5) is 10.6 Å². The van der Waals surface area contributed by atoms with Crippen LogP contribution >= 0.6 is 11.8 Å². The summed E-state index contributed by atoms with van der Waals surface area (Å²) in [5.41, 5.74) is 1.01. The van der Waals surface area contributed by atoms with Gasteiger partial charge in [0.2, 0.25) is 5.91 Å². The third-order valence-electron chi connectivity index (χ3n) is 4.06. The van der Waals surface area contributed by atoms with Crippen molar-refractivity contribution < 1.29 is 14.3 Å². The van der Waals surface area contributed by atoms with Gasteiger partial charge in [-0.05, 0) is 42.7 Å². The van der Waals surface area contributed by atoms with Crippen molar-refractivity contribution in [1.82, 2.24) is 10.3 Å². The van der Waals surface area contributed by atoms with Crippen LogP contribution in [-0.2, 0) is 11.2 Å². The molecular weight excluding hydrogens is 350 g/mol. The Balaban J connectivity index is 1.40. The van der Waals surface area contributed by atoms with Crippen molar-refractivity contribution in [2.75, 3.05) is 25.1 Å². The summed E-state index contributed by atoms with van der Waals surface area (Å²) in [6.07, 6.45) is 3.21. The highest BCUT2D eigenvalue weighted by atomic mass is 32.2. The molecule has 1 saturated heterocycles. The number of carbonyl (C=O) groups is 2. The molecule has 3 rings (SSSR count). The van der Waals surface area contributed by atoms with Crippen LogP contribution in [0.25, 0.3) is 0 Å². The van der Waals surface area contributed by atoms with Crippen molar-refractivity contribution in [3.8, 4) is 5.75 Å². The molecular formula is C19H21N3O3S. The van der Waals surface area contributed by atoms with Gasteiger partial charge in [-0.2, -0.15) is 0 Å². The summed E-state index contributed by atoms with van der Waals surface area (Å²) < 4.78 is 5.77. The van der Waals surface area contributed by atoms with E-state index in [0.29, 0.717) is 13.0 Å². The van der Waals surface area contributed by atoms with Gasteiger partial charge in [0.1, 0.15) is 11.6 Å². The molecule has 136 valence electrons. The number of amides is 2. The van der Waals surface area contributed by atoms with Crippen LogP contribution in [0.15, 0.2) is 48.7 Å². The molecule has 1 aromatic carbocycles. The molecule has 1 unspecified atom stereocenters. The summed E-state index contributed by atoms with van der Waals surface area (Å²) in [7, 11) is 2.01. The van der Waals surface area contributed by atoms with E-state index in [2.05, 4.69) is 15.2 Å². The van der Waals surface area contributed by atoms with E-state index >= 15 is 0 Å². The van der Waals surface area contributed by atoms with E-state index < -0.39 is 0 Å². The molecule has 6 nitrogen and oxygen atoms in total. The lowest BCUT2D eigenvalue weighted by Crippen LogP contribution is -2.25. The molecule has 1 fully saturated rings. The second-order valence-corrected chi connectivity index (χ2v) is 7.22. The quantitative estimate of drug-likeness (QED) is 0.720. The first-order valence-electron chi connectivity index (χ1n) is 8.47. The smallest absolute Gasteiger partial charge is 0.286 e. The first-order valence-corrected chi connectivity index (χ1v) is 9.35. The summed E-state index contributed by atoms with van der Waals surface area (Å²) in [5, 5.41) is 1.70. The Morgan fingerprint density at radius 1 is 1.19 bits per heavy atom. The van der Waals surface area contributed by atoms with Crippen LogP contribution in [0.3, 0.4) is 0 Å². The number of carbonyl (C=O) groups excluding carboxylic acids is 2. The molecule has 2 amide bonds. The Bertz CT molecular complexity index is 752. The van der Waals surface area contributed by atoms with Crippen LogP contribution in [0.1, 0.15) is 12.0 Å². The van der Waals surface area contributed by atoms with Gasteiger partial charge in [-0.3, -0.25) is 14.9 Å². The SMILES string of the molecule is CN(CCCOc1ccc(CC2SC(=O)NC2=O)cc1)c1ccccn1. The molecule has 26 heavy (non-hydrogen) atoms. The van der Waals surface area contributed by atoms with Crippen molar-refractivity contribution in [3.05, 3.63) is 54.2 Å². The second kappa shape index (κ2) is 8.71. The number of rotatable bonds is 8. The second-order valence-electron chi connectivity index (χ2n) is 6.04. The Hall–Kier alpha value is -2.54. The highest BCUT2D eigenvalue weighted by Gasteiger charge is 2.31. The zero-order valence-electron chi connectivity index (χ0n) is 14.6. The van der Waals surface area contributed by atoms with Gasteiger partial charge in [-0.1, -0.05) is 30.0 Å². The Labute approximate surface area is 156 Å². The molecule has 7 heteroatoms. The summed E-state index contributed by atoms with van der Waals surface area (Å²) in [6, 6.07) is 13.5. The lowest BCUT2D eigenvalue weighted by molar-refractivity contribution is -0.118. The first-order chi connectivity index (χ1) is 12.6. The molecule has 1 N–H and O–H groups in total. The minimum absolute atomic E-state index is 0.211. The van der Waals surface area contributed by atoms with Crippen molar-refractivity contribution in [2.45, 2.75) is 18.1 Å². The predicted octanol–water partition coefficient (Wildman–Crippen LogP) is 2.88. The van der Waals surface area contributed by atoms with Gasteiger partial charge in [0.15, 0.2) is 0 Å². The molecule has 1 aromatic heterocycles. The number of imide groups is 1. The minimum atomic E-state index is -0.337. The van der Waals surface area contributed by atoms with Crippen LogP contribution in [0.2, 0.25) is 0 Å². The van der Waals surface area contributed by atoms with E-state index in [4.69, 9.17) is 4.74 Å². The molecule has 0 spiro atoms.